The molecule has 0 aliphatic rings. The number of nitrogens with one attached hydrogen (secondary N) is 1. The van der Waals surface area contributed by atoms with Crippen LogP contribution in [-0.2, 0) is 4.79 Å². The second kappa shape index (κ2) is 11.1. The first kappa shape index (κ1) is 24.3. The van der Waals surface area contributed by atoms with E-state index in [0.29, 0.717) is 16.7 Å². The van der Waals surface area contributed by atoms with E-state index < -0.39 is 0 Å². The van der Waals surface area contributed by atoms with E-state index >= 15 is 0 Å². The largest absolute Gasteiger partial charge is 0.497 e. The molecule has 0 saturated carbocycles. The maximum absolute atomic E-state index is 12.7. The second-order valence-electron chi connectivity index (χ2n) is 8.10. The number of para-hydroxylation sites is 1. The molecule has 180 valence electrons. The SMILES string of the molecule is COc1ccc(OC(C)c2nnc(SCC(=O)Nc3cc(C)ccc3C)n2-c2ccccc2)cc1. The molecule has 0 bridgehead atoms. The number of carbonyl (C=O) groups is 1. The molecule has 1 amide bonds. The van der Waals surface area contributed by atoms with E-state index in [1.54, 1.807) is 7.11 Å². The average molecular weight is 489 g/mol. The van der Waals surface area contributed by atoms with E-state index in [9.17, 15) is 4.79 Å². The smallest absolute Gasteiger partial charge is 0.234 e. The Morgan fingerprint density at radius 2 is 1.71 bits per heavy atom. The van der Waals surface area contributed by atoms with Crippen molar-refractivity contribution in [2.75, 3.05) is 18.2 Å². The predicted octanol–water partition coefficient (Wildman–Crippen LogP) is 5.76. The molecule has 8 heteroatoms. The highest BCUT2D eigenvalue weighted by Gasteiger charge is 2.22. The number of anilines is 1. The van der Waals surface area contributed by atoms with Crippen LogP contribution in [0.4, 0.5) is 5.69 Å². The van der Waals surface area contributed by atoms with Crippen LogP contribution in [-0.4, -0.2) is 33.5 Å². The zero-order valence-corrected chi connectivity index (χ0v) is 21.0. The van der Waals surface area contributed by atoms with Gasteiger partial charge in [-0.3, -0.25) is 9.36 Å². The van der Waals surface area contributed by atoms with Gasteiger partial charge in [0.05, 0.1) is 12.9 Å². The van der Waals surface area contributed by atoms with E-state index in [2.05, 4.69) is 15.5 Å². The number of rotatable bonds is 9. The van der Waals surface area contributed by atoms with Crippen LogP contribution in [0.15, 0.2) is 78.0 Å². The molecule has 4 rings (SSSR count). The summed E-state index contributed by atoms with van der Waals surface area (Å²) >= 11 is 1.33. The maximum atomic E-state index is 12.7. The molecule has 1 unspecified atom stereocenters. The first-order valence-electron chi connectivity index (χ1n) is 11.3. The Morgan fingerprint density at radius 1 is 1.00 bits per heavy atom. The summed E-state index contributed by atoms with van der Waals surface area (Å²) < 4.78 is 13.3. The third-order valence-corrected chi connectivity index (χ3v) is 6.34. The number of aromatic nitrogens is 3. The Hall–Kier alpha value is -3.78. The molecule has 0 aliphatic carbocycles. The highest BCUT2D eigenvalue weighted by molar-refractivity contribution is 7.99. The Morgan fingerprint density at radius 3 is 2.43 bits per heavy atom. The van der Waals surface area contributed by atoms with Gasteiger partial charge in [-0.05, 0) is 74.4 Å². The minimum absolute atomic E-state index is 0.101. The Bertz CT molecular complexity index is 1290. The lowest BCUT2D eigenvalue weighted by Gasteiger charge is -2.17. The van der Waals surface area contributed by atoms with Crippen LogP contribution in [0.25, 0.3) is 5.69 Å². The molecule has 1 heterocycles. The first-order chi connectivity index (χ1) is 16.9. The zero-order chi connectivity index (χ0) is 24.8. The highest BCUT2D eigenvalue weighted by Crippen LogP contribution is 2.29. The second-order valence-corrected chi connectivity index (χ2v) is 9.05. The molecule has 0 aliphatic heterocycles. The number of hydrogen-bond donors (Lipinski definition) is 1. The number of benzene rings is 3. The third-order valence-electron chi connectivity index (χ3n) is 5.41. The maximum Gasteiger partial charge on any atom is 0.234 e. The quantitative estimate of drug-likeness (QED) is 0.302. The van der Waals surface area contributed by atoms with E-state index in [4.69, 9.17) is 9.47 Å². The number of nitrogens with zero attached hydrogens (tertiary/aromatic N) is 3. The summed E-state index contributed by atoms with van der Waals surface area (Å²) in [5.41, 5.74) is 3.84. The van der Waals surface area contributed by atoms with Gasteiger partial charge in [-0.15, -0.1) is 10.2 Å². The van der Waals surface area contributed by atoms with Crippen molar-refractivity contribution in [2.24, 2.45) is 0 Å². The van der Waals surface area contributed by atoms with Gasteiger partial charge in [-0.2, -0.15) is 0 Å². The molecule has 0 saturated heterocycles. The van der Waals surface area contributed by atoms with Crippen LogP contribution >= 0.6 is 11.8 Å². The van der Waals surface area contributed by atoms with Gasteiger partial charge in [-0.25, -0.2) is 0 Å². The van der Waals surface area contributed by atoms with Gasteiger partial charge >= 0.3 is 0 Å². The van der Waals surface area contributed by atoms with E-state index in [1.165, 1.54) is 11.8 Å². The summed E-state index contributed by atoms with van der Waals surface area (Å²) in [5, 5.41) is 12.4. The van der Waals surface area contributed by atoms with Crippen molar-refractivity contribution in [3.05, 3.63) is 89.7 Å². The Balaban J connectivity index is 1.53. The average Bonchev–Trinajstić information content (AvgIpc) is 3.30. The molecule has 1 atom stereocenters. The minimum Gasteiger partial charge on any atom is -0.497 e. The van der Waals surface area contributed by atoms with Crippen LogP contribution in [0.5, 0.6) is 11.5 Å². The predicted molar refractivity (Wildman–Crippen MR) is 139 cm³/mol. The molecule has 0 radical (unpaired) electrons. The first-order valence-corrected chi connectivity index (χ1v) is 12.2. The number of ether oxygens (including phenoxy) is 2. The van der Waals surface area contributed by atoms with Crippen molar-refractivity contribution in [2.45, 2.75) is 32.0 Å². The summed E-state index contributed by atoms with van der Waals surface area (Å²) in [6.07, 6.45) is -0.380. The lowest BCUT2D eigenvalue weighted by Crippen LogP contribution is -2.16. The fourth-order valence-corrected chi connectivity index (χ4v) is 4.31. The number of hydrogen-bond acceptors (Lipinski definition) is 6. The van der Waals surface area contributed by atoms with Crippen LogP contribution < -0.4 is 14.8 Å². The summed E-state index contributed by atoms with van der Waals surface area (Å²) in [6, 6.07) is 23.2. The van der Waals surface area contributed by atoms with Gasteiger partial charge in [0.25, 0.3) is 0 Å². The molecule has 1 aromatic heterocycles. The number of methoxy groups -OCH3 is 1. The molecular formula is C27H28N4O3S. The summed E-state index contributed by atoms with van der Waals surface area (Å²) in [6.45, 7) is 5.91. The Kier molecular flexibility index (Phi) is 7.72. The zero-order valence-electron chi connectivity index (χ0n) is 20.2. The minimum atomic E-state index is -0.380. The van der Waals surface area contributed by atoms with Gasteiger partial charge in [0, 0.05) is 11.4 Å². The van der Waals surface area contributed by atoms with Crippen LogP contribution in [0.3, 0.4) is 0 Å². The van der Waals surface area contributed by atoms with Gasteiger partial charge in [-0.1, -0.05) is 42.1 Å². The topological polar surface area (TPSA) is 78.3 Å². The summed E-state index contributed by atoms with van der Waals surface area (Å²) in [7, 11) is 1.63. The molecule has 4 aromatic rings. The van der Waals surface area contributed by atoms with Crippen molar-refractivity contribution < 1.29 is 14.3 Å². The summed E-state index contributed by atoms with van der Waals surface area (Å²) in [4.78, 5) is 12.7. The highest BCUT2D eigenvalue weighted by atomic mass is 32.2. The van der Waals surface area contributed by atoms with Gasteiger partial charge < -0.3 is 14.8 Å². The number of aryl methyl sites for hydroxylation is 2. The summed E-state index contributed by atoms with van der Waals surface area (Å²) in [5.74, 6) is 2.20. The van der Waals surface area contributed by atoms with Crippen molar-refractivity contribution in [3.63, 3.8) is 0 Å². The van der Waals surface area contributed by atoms with E-state index in [0.717, 1.165) is 28.3 Å². The van der Waals surface area contributed by atoms with Gasteiger partial charge in [0.2, 0.25) is 5.91 Å². The molecule has 0 spiro atoms. The Labute approximate surface area is 209 Å². The fraction of sp³-hybridized carbons (Fsp3) is 0.222. The molecule has 3 aromatic carbocycles. The third kappa shape index (κ3) is 6.02. The van der Waals surface area contributed by atoms with E-state index in [-0.39, 0.29) is 17.8 Å². The van der Waals surface area contributed by atoms with Crippen molar-refractivity contribution >= 4 is 23.4 Å². The standard InChI is InChI=1S/C27H28N4O3S/c1-18-10-11-19(2)24(16-18)28-25(32)17-35-27-30-29-26(31(27)21-8-6-5-7-9-21)20(3)34-23-14-12-22(33-4)13-15-23/h5-16,20H,17H2,1-4H3,(H,28,32). The lowest BCUT2D eigenvalue weighted by molar-refractivity contribution is -0.113. The van der Waals surface area contributed by atoms with E-state index in [1.807, 2.05) is 98.1 Å². The lowest BCUT2D eigenvalue weighted by atomic mass is 10.1. The van der Waals surface area contributed by atoms with Gasteiger partial charge in [0.1, 0.15) is 11.5 Å². The van der Waals surface area contributed by atoms with Crippen LogP contribution in [0.1, 0.15) is 30.0 Å². The van der Waals surface area contributed by atoms with Crippen molar-refractivity contribution in [1.29, 1.82) is 0 Å². The molecular weight excluding hydrogens is 460 g/mol. The molecule has 7 nitrogen and oxygen atoms in total. The van der Waals surface area contributed by atoms with Crippen molar-refractivity contribution in [3.8, 4) is 17.2 Å². The fourth-order valence-electron chi connectivity index (χ4n) is 3.56. The monoisotopic (exact) mass is 488 g/mol. The van der Waals surface area contributed by atoms with Crippen LogP contribution in [0, 0.1) is 13.8 Å². The molecule has 35 heavy (non-hydrogen) atoms. The van der Waals surface area contributed by atoms with Crippen LogP contribution in [0.2, 0.25) is 0 Å². The number of thioether (sulfide) groups is 1. The number of amides is 1. The molecule has 0 fully saturated rings. The number of carbonyl (C=O) groups excluding carboxylic acids is 1. The van der Waals surface area contributed by atoms with Crippen molar-refractivity contribution in [1.82, 2.24) is 14.8 Å². The molecule has 1 N–H and O–H groups in total. The normalized spacial score (nSPS) is 11.7. The van der Waals surface area contributed by atoms with Gasteiger partial charge in [0.15, 0.2) is 17.1 Å².